The molecule has 0 atom stereocenters. The van der Waals surface area contributed by atoms with E-state index in [1.165, 1.54) is 0 Å². The van der Waals surface area contributed by atoms with Crippen molar-refractivity contribution in [1.29, 1.82) is 0 Å². The van der Waals surface area contributed by atoms with Gasteiger partial charge in [0.05, 0.1) is 15.3 Å². The number of halogens is 2. The zero-order chi connectivity index (χ0) is 23.1. The van der Waals surface area contributed by atoms with Crippen molar-refractivity contribution in [3.05, 3.63) is 91.0 Å². The van der Waals surface area contributed by atoms with Gasteiger partial charge in [0, 0.05) is 10.2 Å². The summed E-state index contributed by atoms with van der Waals surface area (Å²) in [6, 6.07) is 17.1. The number of aryl methyl sites for hydroxylation is 1. The van der Waals surface area contributed by atoms with Gasteiger partial charge in [-0.3, -0.25) is 0 Å². The van der Waals surface area contributed by atoms with Crippen molar-refractivity contribution >= 4 is 62.4 Å². The summed E-state index contributed by atoms with van der Waals surface area (Å²) >= 11 is 5.58. The van der Waals surface area contributed by atoms with Gasteiger partial charge in [-0.2, -0.15) is 5.10 Å². The third-order valence-corrected chi connectivity index (χ3v) is 6.08. The molecule has 3 aromatic rings. The Labute approximate surface area is 207 Å². The van der Waals surface area contributed by atoms with Crippen molar-refractivity contribution in [3.8, 4) is 5.75 Å². The Morgan fingerprint density at radius 1 is 1.12 bits per heavy atom. The highest BCUT2D eigenvalue weighted by atomic mass is 127. The summed E-state index contributed by atoms with van der Waals surface area (Å²) in [7, 11) is 0. The number of hydrogen-bond donors (Lipinski definition) is 3. The van der Waals surface area contributed by atoms with E-state index in [1.54, 1.807) is 36.5 Å². The number of hydrazone groups is 1. The summed E-state index contributed by atoms with van der Waals surface area (Å²) in [6.07, 6.45) is 1.54. The van der Waals surface area contributed by atoms with Gasteiger partial charge in [-0.15, -0.1) is 0 Å². The van der Waals surface area contributed by atoms with Crippen LogP contribution < -0.4 is 15.5 Å². The minimum Gasteiger partial charge on any atom is -0.488 e. The molecule has 32 heavy (non-hydrogen) atoms. The summed E-state index contributed by atoms with van der Waals surface area (Å²) in [5, 5.41) is 15.6. The Morgan fingerprint density at radius 2 is 1.88 bits per heavy atom. The minimum absolute atomic E-state index is 0.237. The van der Waals surface area contributed by atoms with Crippen LogP contribution in [-0.2, 0) is 6.61 Å². The number of aromatic carboxylic acids is 1. The average Bonchev–Trinajstić information content (AvgIpc) is 2.76. The second-order valence-electron chi connectivity index (χ2n) is 6.77. The van der Waals surface area contributed by atoms with Gasteiger partial charge in [0.15, 0.2) is 0 Å². The highest BCUT2D eigenvalue weighted by Crippen LogP contribution is 2.23. The molecule has 3 N–H and O–H groups in total. The maximum Gasteiger partial charge on any atom is 0.339 e. The first kappa shape index (κ1) is 23.7. The van der Waals surface area contributed by atoms with Crippen LogP contribution in [-0.4, -0.2) is 23.3 Å². The first-order valence-corrected chi connectivity index (χ1v) is 11.3. The fraction of sp³-hybridized carbons (Fsp3) is 0.0870. The molecular weight excluding hydrogens is 589 g/mol. The van der Waals surface area contributed by atoms with Gasteiger partial charge in [0.25, 0.3) is 0 Å². The van der Waals surface area contributed by atoms with Gasteiger partial charge >= 0.3 is 12.0 Å². The fourth-order valence-electron chi connectivity index (χ4n) is 2.67. The lowest BCUT2D eigenvalue weighted by Crippen LogP contribution is -2.24. The summed E-state index contributed by atoms with van der Waals surface area (Å²) in [4.78, 5) is 22.9. The topological polar surface area (TPSA) is 100 Å². The number of urea groups is 1. The highest BCUT2D eigenvalue weighted by Gasteiger charge is 2.06. The maximum atomic E-state index is 12.0. The van der Waals surface area contributed by atoms with Crippen molar-refractivity contribution in [2.45, 2.75) is 13.5 Å². The first-order valence-electron chi connectivity index (χ1n) is 9.42. The number of benzene rings is 3. The average molecular weight is 608 g/mol. The quantitative estimate of drug-likeness (QED) is 0.180. The van der Waals surface area contributed by atoms with E-state index in [1.807, 2.05) is 37.3 Å². The molecule has 3 aromatic carbocycles. The van der Waals surface area contributed by atoms with E-state index in [0.717, 1.165) is 24.7 Å². The van der Waals surface area contributed by atoms with E-state index >= 15 is 0 Å². The van der Waals surface area contributed by atoms with Crippen LogP contribution in [0.2, 0.25) is 0 Å². The molecule has 3 rings (SSSR count). The van der Waals surface area contributed by atoms with Crippen LogP contribution in [0.15, 0.2) is 70.2 Å². The molecule has 0 heterocycles. The van der Waals surface area contributed by atoms with E-state index < -0.39 is 12.0 Å². The maximum absolute atomic E-state index is 12.0. The molecule has 164 valence electrons. The lowest BCUT2D eigenvalue weighted by molar-refractivity contribution is 0.0696. The molecule has 0 unspecified atom stereocenters. The molecule has 0 saturated heterocycles. The second-order valence-corrected chi connectivity index (χ2v) is 8.79. The number of hydrogen-bond acceptors (Lipinski definition) is 4. The van der Waals surface area contributed by atoms with E-state index in [9.17, 15) is 9.59 Å². The van der Waals surface area contributed by atoms with E-state index in [2.05, 4.69) is 54.4 Å². The molecule has 0 saturated carbocycles. The number of ether oxygens (including phenoxy) is 1. The second kappa shape index (κ2) is 11.1. The van der Waals surface area contributed by atoms with Gasteiger partial charge in [-0.05, 0) is 94.7 Å². The van der Waals surface area contributed by atoms with Gasteiger partial charge < -0.3 is 15.2 Å². The summed E-state index contributed by atoms with van der Waals surface area (Å²) < 4.78 is 7.67. The first-order chi connectivity index (χ1) is 15.3. The number of carbonyl (C=O) groups is 2. The summed E-state index contributed by atoms with van der Waals surface area (Å²) in [6.45, 7) is 2.26. The molecule has 2 amide bonds. The molecule has 0 radical (unpaired) electrons. The van der Waals surface area contributed by atoms with Crippen LogP contribution in [0.25, 0.3) is 0 Å². The molecule has 0 fully saturated rings. The predicted octanol–water partition coefficient (Wildman–Crippen LogP) is 5.79. The van der Waals surface area contributed by atoms with Gasteiger partial charge in [-0.25, -0.2) is 15.0 Å². The van der Waals surface area contributed by atoms with Crippen molar-refractivity contribution in [2.75, 3.05) is 5.32 Å². The Bertz CT molecular complexity index is 1170. The predicted molar refractivity (Wildman–Crippen MR) is 136 cm³/mol. The summed E-state index contributed by atoms with van der Waals surface area (Å²) in [5.74, 6) is -0.263. The molecule has 0 bridgehead atoms. The summed E-state index contributed by atoms with van der Waals surface area (Å²) in [5.41, 5.74) is 6.03. The molecule has 0 aromatic heterocycles. The Balaban J connectivity index is 1.52. The number of carboxylic acids is 1. The highest BCUT2D eigenvalue weighted by molar-refractivity contribution is 14.1. The molecule has 0 aliphatic rings. The van der Waals surface area contributed by atoms with E-state index in [0.29, 0.717) is 18.0 Å². The van der Waals surface area contributed by atoms with Crippen molar-refractivity contribution in [1.82, 2.24) is 5.43 Å². The molecule has 9 heteroatoms. The standard InChI is InChI=1S/C23H19BrIN3O4/c1-14-10-18(7-8-19(14)24)27-23(31)28-26-12-16-4-9-21(20(25)11-16)32-13-15-2-5-17(6-3-15)22(29)30/h2-12H,13H2,1H3,(H,29,30)(H2,27,28,31)/b26-12+. The fourth-order valence-corrected chi connectivity index (χ4v) is 3.61. The van der Waals surface area contributed by atoms with Crippen LogP contribution in [0.4, 0.5) is 10.5 Å². The Hall–Kier alpha value is -2.92. The zero-order valence-electron chi connectivity index (χ0n) is 16.9. The smallest absolute Gasteiger partial charge is 0.339 e. The number of rotatable bonds is 7. The lowest BCUT2D eigenvalue weighted by Gasteiger charge is -2.09. The number of carbonyl (C=O) groups excluding carboxylic acids is 1. The minimum atomic E-state index is -0.959. The van der Waals surface area contributed by atoms with E-state index in [4.69, 9.17) is 9.84 Å². The van der Waals surface area contributed by atoms with Crippen molar-refractivity contribution < 1.29 is 19.4 Å². The van der Waals surface area contributed by atoms with Gasteiger partial charge in [-0.1, -0.05) is 28.1 Å². The molecule has 0 aliphatic carbocycles. The van der Waals surface area contributed by atoms with E-state index in [-0.39, 0.29) is 5.56 Å². The van der Waals surface area contributed by atoms with Crippen LogP contribution in [0.5, 0.6) is 5.75 Å². The molecular formula is C23H19BrIN3O4. The van der Waals surface area contributed by atoms with Crippen LogP contribution in [0.3, 0.4) is 0 Å². The Kier molecular flexibility index (Phi) is 8.23. The van der Waals surface area contributed by atoms with Crippen LogP contribution in [0.1, 0.15) is 27.0 Å². The normalized spacial score (nSPS) is 10.7. The third kappa shape index (κ3) is 6.79. The SMILES string of the molecule is Cc1cc(NC(=O)N/N=C/c2ccc(OCc3ccc(C(=O)O)cc3)c(I)c2)ccc1Br. The van der Waals surface area contributed by atoms with Crippen molar-refractivity contribution in [3.63, 3.8) is 0 Å². The number of nitrogens with zero attached hydrogens (tertiary/aromatic N) is 1. The monoisotopic (exact) mass is 607 g/mol. The third-order valence-electron chi connectivity index (χ3n) is 4.35. The molecule has 0 aliphatic heterocycles. The van der Waals surface area contributed by atoms with Gasteiger partial charge in [0.2, 0.25) is 0 Å². The van der Waals surface area contributed by atoms with Gasteiger partial charge in [0.1, 0.15) is 12.4 Å². The van der Waals surface area contributed by atoms with Crippen LogP contribution >= 0.6 is 38.5 Å². The molecule has 0 spiro atoms. The largest absolute Gasteiger partial charge is 0.488 e. The molecule has 7 nitrogen and oxygen atoms in total. The van der Waals surface area contributed by atoms with Crippen LogP contribution in [0, 0.1) is 10.5 Å². The Morgan fingerprint density at radius 3 is 2.53 bits per heavy atom. The number of nitrogens with one attached hydrogen (secondary N) is 2. The lowest BCUT2D eigenvalue weighted by atomic mass is 10.1. The number of anilines is 1. The zero-order valence-corrected chi connectivity index (χ0v) is 20.7. The number of carboxylic acid groups (broad SMARTS) is 1. The van der Waals surface area contributed by atoms with Crippen molar-refractivity contribution in [2.24, 2.45) is 5.10 Å². The number of amides is 2.